The Morgan fingerprint density at radius 1 is 1.03 bits per heavy atom. The van der Waals surface area contributed by atoms with Crippen molar-refractivity contribution in [1.29, 1.82) is 0 Å². The quantitative estimate of drug-likeness (QED) is 0.534. The van der Waals surface area contributed by atoms with Crippen molar-refractivity contribution in [2.24, 2.45) is 28.6 Å². The van der Waals surface area contributed by atoms with Gasteiger partial charge in [0, 0.05) is 23.1 Å². The molecule has 0 saturated heterocycles. The second-order valence-corrected chi connectivity index (χ2v) is 11.5. The minimum absolute atomic E-state index is 0.342. The van der Waals surface area contributed by atoms with Crippen molar-refractivity contribution < 1.29 is 0 Å². The highest BCUT2D eigenvalue weighted by atomic mass is 15.0. The van der Waals surface area contributed by atoms with Crippen LogP contribution in [0, 0.1) is 35.5 Å². The Morgan fingerprint density at radius 2 is 1.87 bits per heavy atom. The van der Waals surface area contributed by atoms with E-state index in [-0.39, 0.29) is 0 Å². The van der Waals surface area contributed by atoms with Crippen molar-refractivity contribution in [2.45, 2.75) is 71.4 Å². The average Bonchev–Trinajstić information content (AvgIpc) is 3.30. The van der Waals surface area contributed by atoms with Crippen LogP contribution in [0.3, 0.4) is 0 Å². The lowest BCUT2D eigenvalue weighted by Crippen LogP contribution is -2.51. The zero-order valence-electron chi connectivity index (χ0n) is 19.7. The van der Waals surface area contributed by atoms with Gasteiger partial charge in [0.25, 0.3) is 0 Å². The van der Waals surface area contributed by atoms with Gasteiger partial charge in [0.05, 0.1) is 6.04 Å². The topological polar surface area (TPSA) is 17.0 Å². The standard InChI is InChI=1S/C29H38N2/c1-19-18-31(26-8-6-5-7-22(19)26)27-12-11-24-23-10-9-20-17-21(30-4)13-15-28(20,2)25(23)14-16-29(24,27)3/h5-8,11-12,17-18,21,23-25,27,30H,9-10,13-16H2,1-4H3. The fourth-order valence-electron chi connectivity index (χ4n) is 8.41. The monoisotopic (exact) mass is 414 g/mol. The van der Waals surface area contributed by atoms with Crippen LogP contribution in [0.1, 0.15) is 64.0 Å². The van der Waals surface area contributed by atoms with Gasteiger partial charge in [-0.1, -0.05) is 55.8 Å². The van der Waals surface area contributed by atoms with Gasteiger partial charge in [-0.25, -0.2) is 0 Å². The number of rotatable bonds is 2. The molecular weight excluding hydrogens is 376 g/mol. The predicted molar refractivity (Wildman–Crippen MR) is 130 cm³/mol. The van der Waals surface area contributed by atoms with Crippen molar-refractivity contribution in [1.82, 2.24) is 9.88 Å². The van der Waals surface area contributed by atoms with Crippen molar-refractivity contribution in [3.05, 3.63) is 59.8 Å². The Labute approximate surface area is 187 Å². The maximum absolute atomic E-state index is 3.52. The third-order valence-electron chi connectivity index (χ3n) is 10.2. The van der Waals surface area contributed by atoms with Crippen molar-refractivity contribution in [3.63, 3.8) is 0 Å². The largest absolute Gasteiger partial charge is 0.340 e. The third-order valence-corrected chi connectivity index (χ3v) is 10.2. The number of hydrogen-bond acceptors (Lipinski definition) is 1. The Bertz CT molecular complexity index is 1070. The van der Waals surface area contributed by atoms with Crippen LogP contribution in [0.25, 0.3) is 10.9 Å². The molecule has 2 nitrogen and oxygen atoms in total. The molecule has 2 fully saturated rings. The van der Waals surface area contributed by atoms with Gasteiger partial charge in [-0.3, -0.25) is 0 Å². The molecule has 1 aromatic heterocycles. The molecule has 2 aromatic rings. The SMILES string of the molecule is CNC1C=C2CCC3C(CCC4(C)C3C=CC4n3cc(C)c4ccccc43)C2(C)CC1. The molecule has 0 radical (unpaired) electrons. The Morgan fingerprint density at radius 3 is 2.71 bits per heavy atom. The maximum atomic E-state index is 3.52. The molecule has 7 unspecified atom stereocenters. The molecule has 4 aliphatic carbocycles. The molecule has 7 atom stereocenters. The molecule has 6 rings (SSSR count). The Balaban J connectivity index is 1.35. The van der Waals surface area contributed by atoms with Gasteiger partial charge in [0.1, 0.15) is 0 Å². The molecule has 0 spiro atoms. The van der Waals surface area contributed by atoms with E-state index in [9.17, 15) is 0 Å². The third kappa shape index (κ3) is 2.67. The molecular formula is C29H38N2. The van der Waals surface area contributed by atoms with E-state index in [1.165, 1.54) is 55.0 Å². The number of likely N-dealkylation sites (N-methyl/N-ethyl adjacent to an activating group) is 1. The van der Waals surface area contributed by atoms with E-state index in [0.717, 1.165) is 17.8 Å². The highest BCUT2D eigenvalue weighted by molar-refractivity contribution is 5.84. The van der Waals surface area contributed by atoms with Crippen molar-refractivity contribution in [3.8, 4) is 0 Å². The van der Waals surface area contributed by atoms with E-state index in [0.29, 0.717) is 22.9 Å². The number of nitrogens with one attached hydrogen (secondary N) is 1. The minimum atomic E-state index is 0.342. The van der Waals surface area contributed by atoms with E-state index in [4.69, 9.17) is 0 Å². The van der Waals surface area contributed by atoms with Gasteiger partial charge >= 0.3 is 0 Å². The maximum Gasteiger partial charge on any atom is 0.0576 e. The normalized spacial score (nSPS) is 41.5. The molecule has 1 aromatic carbocycles. The van der Waals surface area contributed by atoms with Crippen LogP contribution in [-0.4, -0.2) is 17.7 Å². The van der Waals surface area contributed by atoms with Crippen LogP contribution in [0.4, 0.5) is 0 Å². The second kappa shape index (κ2) is 6.85. The molecule has 1 N–H and O–H groups in total. The summed E-state index contributed by atoms with van der Waals surface area (Å²) in [4.78, 5) is 0. The zero-order valence-corrected chi connectivity index (χ0v) is 19.7. The smallest absolute Gasteiger partial charge is 0.0576 e. The lowest BCUT2D eigenvalue weighted by atomic mass is 9.47. The summed E-state index contributed by atoms with van der Waals surface area (Å²) in [6.07, 6.45) is 18.3. The lowest BCUT2D eigenvalue weighted by molar-refractivity contribution is -0.0387. The summed E-state index contributed by atoms with van der Waals surface area (Å²) in [5, 5.41) is 4.93. The van der Waals surface area contributed by atoms with Crippen LogP contribution in [0.2, 0.25) is 0 Å². The van der Waals surface area contributed by atoms with Gasteiger partial charge in [-0.05, 0) is 92.7 Å². The number of hydrogen-bond donors (Lipinski definition) is 1. The summed E-state index contributed by atoms with van der Waals surface area (Å²) >= 11 is 0. The van der Waals surface area contributed by atoms with Gasteiger partial charge in [0.2, 0.25) is 0 Å². The van der Waals surface area contributed by atoms with Gasteiger partial charge in [0.15, 0.2) is 0 Å². The molecule has 0 amide bonds. The fraction of sp³-hybridized carbons (Fsp3) is 0.586. The summed E-state index contributed by atoms with van der Waals surface area (Å²) in [7, 11) is 2.12. The van der Waals surface area contributed by atoms with E-state index >= 15 is 0 Å². The van der Waals surface area contributed by atoms with Gasteiger partial charge in [-0.15, -0.1) is 0 Å². The first-order valence-corrected chi connectivity index (χ1v) is 12.6. The minimum Gasteiger partial charge on any atom is -0.340 e. The molecule has 2 saturated carbocycles. The first kappa shape index (κ1) is 19.9. The molecule has 0 bridgehead atoms. The average molecular weight is 415 g/mol. The summed E-state index contributed by atoms with van der Waals surface area (Å²) in [6, 6.07) is 10.1. The lowest BCUT2D eigenvalue weighted by Gasteiger charge is -2.58. The van der Waals surface area contributed by atoms with Crippen LogP contribution in [0.5, 0.6) is 0 Å². The molecule has 0 aliphatic heterocycles. The van der Waals surface area contributed by atoms with Gasteiger partial charge < -0.3 is 9.88 Å². The van der Waals surface area contributed by atoms with E-state index < -0.39 is 0 Å². The number of nitrogens with zero attached hydrogens (tertiary/aromatic N) is 1. The first-order chi connectivity index (χ1) is 15.0. The number of allylic oxidation sites excluding steroid dienone is 3. The van der Waals surface area contributed by atoms with Crippen LogP contribution in [-0.2, 0) is 0 Å². The van der Waals surface area contributed by atoms with E-state index in [1.54, 1.807) is 5.57 Å². The summed E-state index contributed by atoms with van der Waals surface area (Å²) in [6.45, 7) is 7.49. The number of aromatic nitrogens is 1. The second-order valence-electron chi connectivity index (χ2n) is 11.5. The van der Waals surface area contributed by atoms with Gasteiger partial charge in [-0.2, -0.15) is 0 Å². The predicted octanol–water partition coefficient (Wildman–Crippen LogP) is 6.82. The molecule has 31 heavy (non-hydrogen) atoms. The summed E-state index contributed by atoms with van der Waals surface area (Å²) < 4.78 is 2.61. The Hall–Kier alpha value is -1.80. The highest BCUT2D eigenvalue weighted by Crippen LogP contribution is 2.66. The number of aryl methyl sites for hydroxylation is 1. The molecule has 164 valence electrons. The summed E-state index contributed by atoms with van der Waals surface area (Å²) in [5.41, 5.74) is 5.36. The van der Waals surface area contributed by atoms with Crippen molar-refractivity contribution >= 4 is 10.9 Å². The number of para-hydroxylation sites is 1. The Kier molecular flexibility index (Phi) is 4.39. The number of fused-ring (bicyclic) bond motifs is 6. The van der Waals surface area contributed by atoms with E-state index in [1.807, 2.05) is 0 Å². The fourth-order valence-corrected chi connectivity index (χ4v) is 8.41. The molecule has 1 heterocycles. The molecule has 4 aliphatic rings. The van der Waals surface area contributed by atoms with Crippen LogP contribution >= 0.6 is 0 Å². The summed E-state index contributed by atoms with van der Waals surface area (Å²) in [5.74, 6) is 2.42. The molecule has 2 heteroatoms. The highest BCUT2D eigenvalue weighted by Gasteiger charge is 2.57. The van der Waals surface area contributed by atoms with E-state index in [2.05, 4.69) is 86.4 Å². The zero-order chi connectivity index (χ0) is 21.4. The first-order valence-electron chi connectivity index (χ1n) is 12.6. The van der Waals surface area contributed by atoms with Crippen molar-refractivity contribution in [2.75, 3.05) is 7.05 Å². The number of benzene rings is 1. The van der Waals surface area contributed by atoms with Crippen LogP contribution < -0.4 is 5.32 Å². The van der Waals surface area contributed by atoms with Crippen LogP contribution in [0.15, 0.2) is 54.3 Å².